The van der Waals surface area contributed by atoms with Crippen molar-refractivity contribution in [3.05, 3.63) is 47.7 Å². The van der Waals surface area contributed by atoms with E-state index in [1.807, 2.05) is 49.3 Å². The minimum Gasteiger partial charge on any atom is -0.378 e. The number of nitrogens with zero attached hydrogens (tertiary/aromatic N) is 5. The van der Waals surface area contributed by atoms with Crippen molar-refractivity contribution in [3.8, 4) is 6.07 Å². The number of nitrogens with one attached hydrogen (secondary N) is 1. The van der Waals surface area contributed by atoms with Crippen molar-refractivity contribution >= 4 is 11.8 Å². The molecule has 0 aliphatic carbocycles. The average molecular weight is 366 g/mol. The first-order valence-electron chi connectivity index (χ1n) is 9.06. The van der Waals surface area contributed by atoms with E-state index < -0.39 is 0 Å². The molecule has 1 fully saturated rings. The average Bonchev–Trinajstić information content (AvgIpc) is 3.11. The molecule has 142 valence electrons. The molecule has 1 N–H and O–H groups in total. The lowest BCUT2D eigenvalue weighted by atomic mass is 10.0. The molecule has 1 saturated heterocycles. The molecule has 2 heterocycles. The van der Waals surface area contributed by atoms with Crippen molar-refractivity contribution in [1.29, 1.82) is 5.26 Å². The molecule has 2 aromatic rings. The summed E-state index contributed by atoms with van der Waals surface area (Å²) in [6.45, 7) is 3.67. The third kappa shape index (κ3) is 4.35. The van der Waals surface area contributed by atoms with Crippen LogP contribution < -0.4 is 15.1 Å². The Hall–Kier alpha value is -2.69. The molecule has 3 rings (SSSR count). The highest BCUT2D eigenvalue weighted by molar-refractivity contribution is 5.45. The van der Waals surface area contributed by atoms with Gasteiger partial charge >= 0.3 is 0 Å². The number of hydrogen-bond donors (Lipinski definition) is 1. The number of hydrogen-bond acceptors (Lipinski definition) is 7. The van der Waals surface area contributed by atoms with Gasteiger partial charge in [0.25, 0.3) is 0 Å². The van der Waals surface area contributed by atoms with Crippen LogP contribution in [-0.2, 0) is 4.74 Å². The molecule has 1 aliphatic rings. The maximum atomic E-state index is 9.12. The second-order valence-electron chi connectivity index (χ2n) is 7.02. The summed E-state index contributed by atoms with van der Waals surface area (Å²) in [5, 5.41) is 12.8. The van der Waals surface area contributed by atoms with E-state index in [2.05, 4.69) is 33.2 Å². The Kier molecular flexibility index (Phi) is 5.89. The van der Waals surface area contributed by atoms with E-state index in [4.69, 9.17) is 10.00 Å². The first-order chi connectivity index (χ1) is 13.0. The maximum Gasteiger partial charge on any atom is 0.226 e. The van der Waals surface area contributed by atoms with Crippen LogP contribution in [0.5, 0.6) is 0 Å². The van der Waals surface area contributed by atoms with E-state index in [9.17, 15) is 0 Å². The van der Waals surface area contributed by atoms with Gasteiger partial charge in [-0.15, -0.1) is 0 Å². The number of rotatable bonds is 6. The quantitative estimate of drug-likeness (QED) is 0.837. The summed E-state index contributed by atoms with van der Waals surface area (Å²) in [5.74, 6) is 1.60. The van der Waals surface area contributed by atoms with Gasteiger partial charge in [-0.05, 0) is 30.7 Å². The SMILES string of the molecule is CO[C@@H]1CN(c2ccnc(N(C)C)n2)C[C@@H]1NC(C)c1cccc(C#N)c1. The molecule has 1 unspecified atom stereocenters. The van der Waals surface area contributed by atoms with Crippen LogP contribution >= 0.6 is 0 Å². The summed E-state index contributed by atoms with van der Waals surface area (Å²) in [4.78, 5) is 13.0. The lowest BCUT2D eigenvalue weighted by Crippen LogP contribution is -2.41. The van der Waals surface area contributed by atoms with Crippen LogP contribution in [0.1, 0.15) is 24.1 Å². The maximum absolute atomic E-state index is 9.12. The normalized spacial score (nSPS) is 20.3. The summed E-state index contributed by atoms with van der Waals surface area (Å²) in [6.07, 6.45) is 1.85. The molecule has 0 spiro atoms. The van der Waals surface area contributed by atoms with Crippen LogP contribution in [-0.4, -0.2) is 56.4 Å². The Labute approximate surface area is 160 Å². The van der Waals surface area contributed by atoms with Crippen LogP contribution in [0, 0.1) is 11.3 Å². The number of anilines is 2. The van der Waals surface area contributed by atoms with E-state index in [1.165, 1.54) is 0 Å². The van der Waals surface area contributed by atoms with Gasteiger partial charge < -0.3 is 19.9 Å². The zero-order valence-corrected chi connectivity index (χ0v) is 16.3. The highest BCUT2D eigenvalue weighted by Crippen LogP contribution is 2.24. The Morgan fingerprint density at radius 3 is 2.85 bits per heavy atom. The molecule has 0 amide bonds. The largest absolute Gasteiger partial charge is 0.378 e. The second-order valence-corrected chi connectivity index (χ2v) is 7.02. The Morgan fingerprint density at radius 2 is 2.15 bits per heavy atom. The first-order valence-corrected chi connectivity index (χ1v) is 9.06. The lowest BCUT2D eigenvalue weighted by molar-refractivity contribution is 0.0938. The Balaban J connectivity index is 1.72. The van der Waals surface area contributed by atoms with Crippen LogP contribution in [0.15, 0.2) is 36.5 Å². The fraction of sp³-hybridized carbons (Fsp3) is 0.450. The molecule has 27 heavy (non-hydrogen) atoms. The predicted octanol–water partition coefficient (Wildman–Crippen LogP) is 1.97. The number of ether oxygens (including phenoxy) is 1. The van der Waals surface area contributed by atoms with Crippen molar-refractivity contribution in [3.63, 3.8) is 0 Å². The van der Waals surface area contributed by atoms with E-state index >= 15 is 0 Å². The third-order valence-electron chi connectivity index (χ3n) is 4.90. The van der Waals surface area contributed by atoms with E-state index in [-0.39, 0.29) is 18.2 Å². The zero-order chi connectivity index (χ0) is 19.4. The van der Waals surface area contributed by atoms with Crippen molar-refractivity contribution in [2.75, 3.05) is 44.1 Å². The van der Waals surface area contributed by atoms with Crippen molar-refractivity contribution in [2.45, 2.75) is 25.1 Å². The fourth-order valence-electron chi connectivity index (χ4n) is 3.39. The topological polar surface area (TPSA) is 77.3 Å². The van der Waals surface area contributed by atoms with Crippen LogP contribution in [0.25, 0.3) is 0 Å². The second kappa shape index (κ2) is 8.33. The predicted molar refractivity (Wildman–Crippen MR) is 106 cm³/mol. The molecule has 0 radical (unpaired) electrons. The van der Waals surface area contributed by atoms with Crippen molar-refractivity contribution in [2.24, 2.45) is 0 Å². The number of nitriles is 1. The first kappa shape index (κ1) is 19.1. The van der Waals surface area contributed by atoms with Gasteiger partial charge in [-0.1, -0.05) is 12.1 Å². The van der Waals surface area contributed by atoms with Gasteiger partial charge in [0.1, 0.15) is 5.82 Å². The van der Waals surface area contributed by atoms with E-state index in [0.717, 1.165) is 24.5 Å². The van der Waals surface area contributed by atoms with Crippen molar-refractivity contribution in [1.82, 2.24) is 15.3 Å². The molecule has 7 heteroatoms. The molecule has 7 nitrogen and oxygen atoms in total. The number of benzene rings is 1. The van der Waals surface area contributed by atoms with Crippen LogP contribution in [0.4, 0.5) is 11.8 Å². The smallest absolute Gasteiger partial charge is 0.226 e. The fourth-order valence-corrected chi connectivity index (χ4v) is 3.39. The highest BCUT2D eigenvalue weighted by atomic mass is 16.5. The molecular weight excluding hydrogens is 340 g/mol. The van der Waals surface area contributed by atoms with E-state index in [0.29, 0.717) is 11.5 Å². The molecule has 3 atom stereocenters. The van der Waals surface area contributed by atoms with Crippen LogP contribution in [0.3, 0.4) is 0 Å². The van der Waals surface area contributed by atoms with Gasteiger partial charge in [0.15, 0.2) is 0 Å². The molecule has 0 bridgehead atoms. The standard InChI is InChI=1S/C20H26N6O/c1-14(16-7-5-6-15(10-16)11-21)23-17-12-26(13-18(17)27-4)19-8-9-22-20(24-19)25(2)3/h5-10,14,17-18,23H,12-13H2,1-4H3/t14?,17-,18+/m0/s1. The molecule has 1 aliphatic heterocycles. The summed E-state index contributed by atoms with van der Waals surface area (Å²) < 4.78 is 5.72. The summed E-state index contributed by atoms with van der Waals surface area (Å²) >= 11 is 0. The Morgan fingerprint density at radius 1 is 1.33 bits per heavy atom. The van der Waals surface area contributed by atoms with Gasteiger partial charge in [0.05, 0.1) is 23.8 Å². The van der Waals surface area contributed by atoms with Gasteiger partial charge in [-0.2, -0.15) is 10.2 Å². The van der Waals surface area contributed by atoms with Crippen LogP contribution in [0.2, 0.25) is 0 Å². The van der Waals surface area contributed by atoms with E-state index in [1.54, 1.807) is 13.3 Å². The highest BCUT2D eigenvalue weighted by Gasteiger charge is 2.34. The zero-order valence-electron chi connectivity index (χ0n) is 16.3. The minimum atomic E-state index is 0.0596. The molecular formula is C20H26N6O. The summed E-state index contributed by atoms with van der Waals surface area (Å²) in [7, 11) is 5.61. The monoisotopic (exact) mass is 366 g/mol. The number of aromatic nitrogens is 2. The van der Waals surface area contributed by atoms with Gasteiger partial charge in [-0.3, -0.25) is 0 Å². The van der Waals surface area contributed by atoms with Gasteiger partial charge in [0.2, 0.25) is 5.95 Å². The molecule has 0 saturated carbocycles. The summed E-state index contributed by atoms with van der Waals surface area (Å²) in [5.41, 5.74) is 1.77. The molecule has 1 aromatic carbocycles. The Bertz CT molecular complexity index is 818. The third-order valence-corrected chi connectivity index (χ3v) is 4.90. The van der Waals surface area contributed by atoms with Crippen molar-refractivity contribution < 1.29 is 4.74 Å². The lowest BCUT2D eigenvalue weighted by Gasteiger charge is -2.23. The number of methoxy groups -OCH3 is 1. The minimum absolute atomic E-state index is 0.0596. The molecule has 1 aromatic heterocycles. The van der Waals surface area contributed by atoms with Gasteiger partial charge in [0, 0.05) is 46.5 Å². The van der Waals surface area contributed by atoms with Gasteiger partial charge in [-0.25, -0.2) is 4.98 Å². The summed E-state index contributed by atoms with van der Waals surface area (Å²) in [6, 6.07) is 12.1.